The highest BCUT2D eigenvalue weighted by Crippen LogP contribution is 2.03. The molecule has 1 unspecified atom stereocenters. The van der Waals surface area contributed by atoms with Gasteiger partial charge >= 0.3 is 0 Å². The van der Waals surface area contributed by atoms with Gasteiger partial charge in [-0.1, -0.05) is 30.3 Å². The molecule has 3 nitrogen and oxygen atoms in total. The Morgan fingerprint density at radius 2 is 2.00 bits per heavy atom. The van der Waals surface area contributed by atoms with Gasteiger partial charge in [0.1, 0.15) is 0 Å². The van der Waals surface area contributed by atoms with Crippen LogP contribution in [0.3, 0.4) is 0 Å². The first-order chi connectivity index (χ1) is 7.65. The van der Waals surface area contributed by atoms with Crippen molar-refractivity contribution >= 4 is 5.78 Å². The zero-order chi connectivity index (χ0) is 12.0. The summed E-state index contributed by atoms with van der Waals surface area (Å²) in [4.78, 5) is 13.9. The predicted octanol–water partition coefficient (Wildman–Crippen LogP) is 1.84. The molecule has 0 heterocycles. The van der Waals surface area contributed by atoms with Crippen molar-refractivity contribution in [3.8, 4) is 0 Å². The molecule has 0 aliphatic carbocycles. The Balaban J connectivity index is 2.52. The Labute approximate surface area is 97.0 Å². The smallest absolute Gasteiger partial charge is 0.176 e. The van der Waals surface area contributed by atoms with E-state index in [1.165, 1.54) is 0 Å². The first-order valence-corrected chi connectivity index (χ1v) is 5.42. The average molecular weight is 221 g/mol. The molecular weight excluding hydrogens is 202 g/mol. The van der Waals surface area contributed by atoms with Crippen molar-refractivity contribution in [1.29, 1.82) is 0 Å². The molecular formula is C13H19NO2. The van der Waals surface area contributed by atoms with Gasteiger partial charge in [0.2, 0.25) is 0 Å². The molecule has 0 saturated carbocycles. The van der Waals surface area contributed by atoms with Crippen molar-refractivity contribution in [2.75, 3.05) is 27.3 Å². The van der Waals surface area contributed by atoms with Crippen LogP contribution < -0.4 is 0 Å². The first-order valence-electron chi connectivity index (χ1n) is 5.42. The second-order valence-electron chi connectivity index (χ2n) is 4.01. The molecule has 88 valence electrons. The summed E-state index contributed by atoms with van der Waals surface area (Å²) in [7, 11) is 3.61. The lowest BCUT2D eigenvalue weighted by atomic mass is 10.1. The van der Waals surface area contributed by atoms with E-state index in [0.29, 0.717) is 13.2 Å². The van der Waals surface area contributed by atoms with Crippen LogP contribution >= 0.6 is 0 Å². The van der Waals surface area contributed by atoms with Crippen molar-refractivity contribution in [1.82, 2.24) is 4.90 Å². The topological polar surface area (TPSA) is 29.5 Å². The number of carbonyl (C=O) groups is 1. The van der Waals surface area contributed by atoms with Gasteiger partial charge in [0.15, 0.2) is 5.78 Å². The molecule has 0 amide bonds. The molecule has 0 aliphatic heterocycles. The second kappa shape index (κ2) is 6.40. The molecule has 0 spiro atoms. The lowest BCUT2D eigenvalue weighted by Gasteiger charge is -2.23. The van der Waals surface area contributed by atoms with Crippen LogP contribution in [0.2, 0.25) is 0 Å². The fraction of sp³-hybridized carbons (Fsp3) is 0.462. The number of carbonyl (C=O) groups excluding carboxylic acids is 1. The van der Waals surface area contributed by atoms with Crippen molar-refractivity contribution in [3.05, 3.63) is 35.9 Å². The molecule has 3 heteroatoms. The number of nitrogens with zero attached hydrogens (tertiary/aromatic N) is 1. The Kier molecular flexibility index (Phi) is 5.15. The van der Waals surface area contributed by atoms with Gasteiger partial charge in [0, 0.05) is 18.7 Å². The van der Waals surface area contributed by atoms with Crippen molar-refractivity contribution < 1.29 is 9.53 Å². The van der Waals surface area contributed by atoms with E-state index in [1.807, 2.05) is 49.2 Å². The summed E-state index contributed by atoms with van der Waals surface area (Å²) in [6.07, 6.45) is 0. The number of rotatable bonds is 6. The van der Waals surface area contributed by atoms with Crippen LogP contribution in [0, 0.1) is 0 Å². The molecule has 0 aromatic heterocycles. The van der Waals surface area contributed by atoms with E-state index in [9.17, 15) is 4.79 Å². The van der Waals surface area contributed by atoms with Crippen molar-refractivity contribution in [2.45, 2.75) is 13.0 Å². The minimum atomic E-state index is 0.144. The van der Waals surface area contributed by atoms with Gasteiger partial charge < -0.3 is 4.74 Å². The molecule has 0 aliphatic rings. The summed E-state index contributed by atoms with van der Waals surface area (Å²) >= 11 is 0. The number of Topliss-reactive ketones (excluding diaryl/α,β-unsaturated/α-hetero) is 1. The van der Waals surface area contributed by atoms with E-state index in [2.05, 4.69) is 0 Å². The summed E-state index contributed by atoms with van der Waals surface area (Å²) in [6, 6.07) is 9.61. The Hall–Kier alpha value is -1.19. The highest BCUT2D eigenvalue weighted by molar-refractivity contribution is 5.97. The van der Waals surface area contributed by atoms with E-state index in [-0.39, 0.29) is 11.8 Å². The lowest BCUT2D eigenvalue weighted by Crippen LogP contribution is -2.36. The molecule has 16 heavy (non-hydrogen) atoms. The maximum atomic E-state index is 11.9. The quantitative estimate of drug-likeness (QED) is 0.686. The van der Waals surface area contributed by atoms with E-state index >= 15 is 0 Å². The fourth-order valence-electron chi connectivity index (χ4n) is 1.47. The SMILES string of the molecule is COCC(C)N(C)CC(=O)c1ccccc1. The third-order valence-corrected chi connectivity index (χ3v) is 2.65. The standard InChI is InChI=1S/C13H19NO2/c1-11(10-16-3)14(2)9-13(15)12-7-5-4-6-8-12/h4-8,11H,9-10H2,1-3H3. The summed E-state index contributed by atoms with van der Waals surface area (Å²) < 4.78 is 5.06. The largest absolute Gasteiger partial charge is 0.383 e. The molecule has 1 aromatic rings. The average Bonchev–Trinajstić information content (AvgIpc) is 2.30. The molecule has 0 radical (unpaired) electrons. The van der Waals surface area contributed by atoms with E-state index in [1.54, 1.807) is 7.11 Å². The molecule has 1 aromatic carbocycles. The minimum absolute atomic E-state index is 0.144. The fourth-order valence-corrected chi connectivity index (χ4v) is 1.47. The van der Waals surface area contributed by atoms with Gasteiger partial charge in [-0.15, -0.1) is 0 Å². The summed E-state index contributed by atoms with van der Waals surface area (Å²) in [5.41, 5.74) is 0.763. The molecule has 0 N–H and O–H groups in total. The number of ether oxygens (including phenoxy) is 1. The van der Waals surface area contributed by atoms with Gasteiger partial charge in [-0.05, 0) is 14.0 Å². The van der Waals surface area contributed by atoms with Crippen LogP contribution in [0.15, 0.2) is 30.3 Å². The van der Waals surface area contributed by atoms with Gasteiger partial charge in [-0.25, -0.2) is 0 Å². The zero-order valence-corrected chi connectivity index (χ0v) is 10.1. The second-order valence-corrected chi connectivity index (χ2v) is 4.01. The third-order valence-electron chi connectivity index (χ3n) is 2.65. The predicted molar refractivity (Wildman–Crippen MR) is 64.7 cm³/mol. The van der Waals surface area contributed by atoms with Crippen LogP contribution in [0.4, 0.5) is 0 Å². The Bertz CT molecular complexity index is 324. The molecule has 0 bridgehead atoms. The van der Waals surface area contributed by atoms with Crippen molar-refractivity contribution in [2.24, 2.45) is 0 Å². The van der Waals surface area contributed by atoms with Gasteiger partial charge in [-0.2, -0.15) is 0 Å². The molecule has 1 rings (SSSR count). The first kappa shape index (κ1) is 12.9. The number of methoxy groups -OCH3 is 1. The van der Waals surface area contributed by atoms with Crippen LogP contribution in [0.5, 0.6) is 0 Å². The Morgan fingerprint density at radius 1 is 1.38 bits per heavy atom. The number of ketones is 1. The zero-order valence-electron chi connectivity index (χ0n) is 10.1. The minimum Gasteiger partial charge on any atom is -0.383 e. The van der Waals surface area contributed by atoms with Gasteiger partial charge in [0.25, 0.3) is 0 Å². The Morgan fingerprint density at radius 3 is 2.56 bits per heavy atom. The number of likely N-dealkylation sites (N-methyl/N-ethyl adjacent to an activating group) is 1. The molecule has 0 fully saturated rings. The number of hydrogen-bond acceptors (Lipinski definition) is 3. The van der Waals surface area contributed by atoms with Crippen molar-refractivity contribution in [3.63, 3.8) is 0 Å². The maximum Gasteiger partial charge on any atom is 0.176 e. The highest BCUT2D eigenvalue weighted by atomic mass is 16.5. The van der Waals surface area contributed by atoms with Crippen LogP contribution in [0.1, 0.15) is 17.3 Å². The van der Waals surface area contributed by atoms with E-state index in [0.717, 1.165) is 5.56 Å². The van der Waals surface area contributed by atoms with Crippen LogP contribution in [-0.4, -0.2) is 44.0 Å². The number of hydrogen-bond donors (Lipinski definition) is 0. The van der Waals surface area contributed by atoms with E-state index < -0.39 is 0 Å². The summed E-state index contributed by atoms with van der Waals surface area (Å²) in [5.74, 6) is 0.144. The lowest BCUT2D eigenvalue weighted by molar-refractivity contribution is 0.0841. The van der Waals surface area contributed by atoms with E-state index in [4.69, 9.17) is 4.74 Å². The summed E-state index contributed by atoms with van der Waals surface area (Å²) in [6.45, 7) is 3.11. The molecule has 1 atom stereocenters. The van der Waals surface area contributed by atoms with Gasteiger partial charge in [0.05, 0.1) is 13.2 Å². The maximum absolute atomic E-state index is 11.9. The normalized spacial score (nSPS) is 12.8. The highest BCUT2D eigenvalue weighted by Gasteiger charge is 2.13. The molecule has 0 saturated heterocycles. The third kappa shape index (κ3) is 3.76. The van der Waals surface area contributed by atoms with Crippen LogP contribution in [0.25, 0.3) is 0 Å². The van der Waals surface area contributed by atoms with Gasteiger partial charge in [-0.3, -0.25) is 9.69 Å². The van der Waals surface area contributed by atoms with Crippen LogP contribution in [-0.2, 0) is 4.74 Å². The monoisotopic (exact) mass is 221 g/mol. The summed E-state index contributed by atoms with van der Waals surface area (Å²) in [5, 5.41) is 0. The number of benzene rings is 1.